The second-order valence-electron chi connectivity index (χ2n) is 8.47. The van der Waals surface area contributed by atoms with Gasteiger partial charge in [-0.1, -0.05) is 26.0 Å². The lowest BCUT2D eigenvalue weighted by atomic mass is 9.45. The van der Waals surface area contributed by atoms with Gasteiger partial charge in [-0.15, -0.1) is 0 Å². The van der Waals surface area contributed by atoms with Crippen molar-refractivity contribution in [1.29, 1.82) is 0 Å². The third kappa shape index (κ3) is 2.77. The highest BCUT2D eigenvalue weighted by molar-refractivity contribution is 5.90. The molecule has 25 heavy (non-hydrogen) atoms. The first-order chi connectivity index (χ1) is 11.7. The van der Waals surface area contributed by atoms with E-state index < -0.39 is 23.0 Å². The van der Waals surface area contributed by atoms with Crippen molar-refractivity contribution >= 4 is 5.97 Å². The van der Waals surface area contributed by atoms with E-state index in [4.69, 9.17) is 4.74 Å². The Kier molecular flexibility index (Phi) is 4.86. The van der Waals surface area contributed by atoms with Crippen LogP contribution in [0.4, 0.5) is 0 Å². The Morgan fingerprint density at radius 3 is 2.64 bits per heavy atom. The zero-order valence-corrected chi connectivity index (χ0v) is 15.2. The SMILES string of the molecule is C=C1CC[C@@H]2[C@](C)(CO)[C@H](O)C[C@@H](O)[C@@]2(C)[C@@H]1CCC1=CCOC1=O. The Morgan fingerprint density at radius 2 is 2.04 bits per heavy atom. The fourth-order valence-electron chi connectivity index (χ4n) is 5.60. The number of carbonyl (C=O) groups excluding carboxylic acids is 1. The zero-order valence-electron chi connectivity index (χ0n) is 15.2. The van der Waals surface area contributed by atoms with Crippen molar-refractivity contribution in [2.75, 3.05) is 13.2 Å². The van der Waals surface area contributed by atoms with Crippen molar-refractivity contribution < 1.29 is 24.9 Å². The van der Waals surface area contributed by atoms with E-state index in [1.807, 2.05) is 13.0 Å². The van der Waals surface area contributed by atoms with Gasteiger partial charge in [0.25, 0.3) is 0 Å². The van der Waals surface area contributed by atoms with Crippen LogP contribution < -0.4 is 0 Å². The van der Waals surface area contributed by atoms with E-state index in [1.54, 1.807) is 0 Å². The third-order valence-electron chi connectivity index (χ3n) is 7.32. The van der Waals surface area contributed by atoms with Crippen LogP contribution in [0.25, 0.3) is 0 Å². The average molecular weight is 350 g/mol. The summed E-state index contributed by atoms with van der Waals surface area (Å²) < 4.78 is 4.98. The number of ether oxygens (including phenoxy) is 1. The molecule has 0 spiro atoms. The second-order valence-corrected chi connectivity index (χ2v) is 8.47. The molecular weight excluding hydrogens is 320 g/mol. The van der Waals surface area contributed by atoms with E-state index in [9.17, 15) is 20.1 Å². The lowest BCUT2D eigenvalue weighted by Gasteiger charge is -2.61. The van der Waals surface area contributed by atoms with E-state index >= 15 is 0 Å². The molecule has 140 valence electrons. The number of rotatable bonds is 4. The molecule has 6 atom stereocenters. The molecule has 2 fully saturated rings. The number of hydrogen-bond acceptors (Lipinski definition) is 5. The summed E-state index contributed by atoms with van der Waals surface area (Å²) in [6.07, 6.45) is 3.68. The lowest BCUT2D eigenvalue weighted by Crippen LogP contribution is -2.63. The Hall–Kier alpha value is -1.17. The number of aliphatic hydroxyl groups is 3. The highest BCUT2D eigenvalue weighted by Gasteiger charge is 2.61. The predicted molar refractivity (Wildman–Crippen MR) is 93.6 cm³/mol. The largest absolute Gasteiger partial charge is 0.458 e. The minimum absolute atomic E-state index is 0.00348. The third-order valence-corrected chi connectivity index (χ3v) is 7.32. The van der Waals surface area contributed by atoms with Crippen molar-refractivity contribution in [3.05, 3.63) is 23.8 Å². The minimum Gasteiger partial charge on any atom is -0.458 e. The van der Waals surface area contributed by atoms with Gasteiger partial charge >= 0.3 is 5.97 Å². The quantitative estimate of drug-likeness (QED) is 0.533. The summed E-state index contributed by atoms with van der Waals surface area (Å²) in [6.45, 7) is 8.49. The highest BCUT2D eigenvalue weighted by atomic mass is 16.5. The van der Waals surface area contributed by atoms with E-state index in [0.29, 0.717) is 18.6 Å². The maximum Gasteiger partial charge on any atom is 0.334 e. The molecule has 0 radical (unpaired) electrons. The van der Waals surface area contributed by atoms with Crippen LogP contribution in [0.15, 0.2) is 23.8 Å². The fraction of sp³-hybridized carbons (Fsp3) is 0.750. The molecule has 0 aromatic carbocycles. The Bertz CT molecular complexity index is 597. The van der Waals surface area contributed by atoms with Gasteiger partial charge in [0.2, 0.25) is 0 Å². The van der Waals surface area contributed by atoms with E-state index in [1.165, 1.54) is 0 Å². The Balaban J connectivity index is 1.89. The molecule has 2 aliphatic carbocycles. The summed E-state index contributed by atoms with van der Waals surface area (Å²) in [5.74, 6) is -0.194. The molecule has 5 heteroatoms. The summed E-state index contributed by atoms with van der Waals surface area (Å²) in [4.78, 5) is 11.7. The number of cyclic esters (lactones) is 1. The molecule has 0 unspecified atom stereocenters. The van der Waals surface area contributed by atoms with Gasteiger partial charge in [0.15, 0.2) is 0 Å². The van der Waals surface area contributed by atoms with Crippen LogP contribution in [0.2, 0.25) is 0 Å². The molecule has 0 aromatic rings. The first-order valence-electron chi connectivity index (χ1n) is 9.26. The highest BCUT2D eigenvalue weighted by Crippen LogP contribution is 2.61. The van der Waals surface area contributed by atoms with Crippen molar-refractivity contribution in [1.82, 2.24) is 0 Å². The van der Waals surface area contributed by atoms with Crippen LogP contribution in [-0.2, 0) is 9.53 Å². The molecule has 5 nitrogen and oxygen atoms in total. The molecule has 3 rings (SSSR count). The number of esters is 1. The molecule has 0 aromatic heterocycles. The summed E-state index contributed by atoms with van der Waals surface area (Å²) in [7, 11) is 0. The molecule has 3 N–H and O–H groups in total. The van der Waals surface area contributed by atoms with Crippen molar-refractivity contribution in [3.63, 3.8) is 0 Å². The van der Waals surface area contributed by atoms with E-state index in [-0.39, 0.29) is 30.8 Å². The van der Waals surface area contributed by atoms with Crippen LogP contribution in [0, 0.1) is 22.7 Å². The summed E-state index contributed by atoms with van der Waals surface area (Å²) in [6, 6.07) is 0. The molecule has 0 saturated heterocycles. The predicted octanol–water partition coefficient (Wildman–Crippen LogP) is 1.96. The molecule has 1 aliphatic heterocycles. The first-order valence-corrected chi connectivity index (χ1v) is 9.26. The van der Waals surface area contributed by atoms with Crippen LogP contribution in [0.1, 0.15) is 46.0 Å². The van der Waals surface area contributed by atoms with Gasteiger partial charge in [0.05, 0.1) is 18.8 Å². The van der Waals surface area contributed by atoms with Crippen LogP contribution in [0.3, 0.4) is 0 Å². The van der Waals surface area contributed by atoms with Gasteiger partial charge < -0.3 is 20.1 Å². The minimum atomic E-state index is -0.717. The van der Waals surface area contributed by atoms with Crippen LogP contribution >= 0.6 is 0 Å². The van der Waals surface area contributed by atoms with Crippen molar-refractivity contribution in [3.8, 4) is 0 Å². The van der Waals surface area contributed by atoms with Gasteiger partial charge in [0, 0.05) is 22.8 Å². The monoisotopic (exact) mass is 350 g/mol. The van der Waals surface area contributed by atoms with Gasteiger partial charge in [-0.25, -0.2) is 4.79 Å². The van der Waals surface area contributed by atoms with Crippen LogP contribution in [0.5, 0.6) is 0 Å². The molecule has 3 aliphatic rings. The lowest BCUT2D eigenvalue weighted by molar-refractivity contribution is -0.203. The molecule has 0 amide bonds. The maximum atomic E-state index is 11.7. The zero-order chi connectivity index (χ0) is 18.4. The summed E-state index contributed by atoms with van der Waals surface area (Å²) >= 11 is 0. The molecule has 0 bridgehead atoms. The topological polar surface area (TPSA) is 87.0 Å². The van der Waals surface area contributed by atoms with Gasteiger partial charge in [-0.2, -0.15) is 0 Å². The smallest absolute Gasteiger partial charge is 0.334 e. The van der Waals surface area contributed by atoms with Crippen LogP contribution in [-0.4, -0.2) is 46.7 Å². The number of hydrogen-bond donors (Lipinski definition) is 3. The van der Waals surface area contributed by atoms with Gasteiger partial charge in [0.1, 0.15) is 6.61 Å². The number of aliphatic hydroxyl groups excluding tert-OH is 3. The average Bonchev–Trinajstić information content (AvgIpc) is 2.98. The molecule has 1 heterocycles. The number of allylic oxidation sites excluding steroid dienone is 1. The van der Waals surface area contributed by atoms with E-state index in [2.05, 4.69) is 13.5 Å². The molecular formula is C20H30O5. The Labute approximate surface area is 149 Å². The van der Waals surface area contributed by atoms with E-state index in [0.717, 1.165) is 24.8 Å². The first kappa shape index (κ1) is 18.6. The van der Waals surface area contributed by atoms with Gasteiger partial charge in [-0.05, 0) is 43.6 Å². The normalized spacial score (nSPS) is 44.3. The van der Waals surface area contributed by atoms with Gasteiger partial charge in [-0.3, -0.25) is 0 Å². The standard InChI is InChI=1S/C20H30O5/c1-12-4-7-15-19(2,11-21)16(22)10-17(23)20(15,3)14(12)6-5-13-8-9-25-18(13)24/h8,14-17,21-23H,1,4-7,9-11H2,2-3H3/t14-,15-,16-,17-,19+,20+/m1/s1. The summed E-state index contributed by atoms with van der Waals surface area (Å²) in [5.41, 5.74) is 0.711. The molecule has 2 saturated carbocycles. The maximum absolute atomic E-state index is 11.7. The van der Waals surface area contributed by atoms with Crippen molar-refractivity contribution in [2.45, 2.75) is 58.2 Å². The number of carbonyl (C=O) groups is 1. The fourth-order valence-corrected chi connectivity index (χ4v) is 5.60. The van der Waals surface area contributed by atoms with Crippen molar-refractivity contribution in [2.24, 2.45) is 22.7 Å². The summed E-state index contributed by atoms with van der Waals surface area (Å²) in [5, 5.41) is 31.4. The Morgan fingerprint density at radius 1 is 1.32 bits per heavy atom. The second kappa shape index (κ2) is 6.53. The number of fused-ring (bicyclic) bond motifs is 1.